The second-order valence-electron chi connectivity index (χ2n) is 8.54. The van der Waals surface area contributed by atoms with Gasteiger partial charge >= 0.3 is 0 Å². The van der Waals surface area contributed by atoms with E-state index in [4.69, 9.17) is 16.5 Å². The van der Waals surface area contributed by atoms with Crippen LogP contribution in [0.3, 0.4) is 0 Å². The Bertz CT molecular complexity index is 1660. The molecule has 8 N–H and O–H groups in total. The van der Waals surface area contributed by atoms with Crippen LogP contribution >= 0.6 is 0 Å². The molecule has 5 aromatic rings. The molecular formula is C26H26N10O. The number of amides is 1. The summed E-state index contributed by atoms with van der Waals surface area (Å²) in [4.78, 5) is 27.2. The minimum atomic E-state index is -0.333. The first-order valence-corrected chi connectivity index (χ1v) is 11.4. The number of nitrogens with zero attached hydrogens (tertiary/aromatic N) is 4. The summed E-state index contributed by atoms with van der Waals surface area (Å²) in [5.74, 6) is 0.875. The Morgan fingerprint density at radius 2 is 1.89 bits per heavy atom. The van der Waals surface area contributed by atoms with E-state index in [1.54, 1.807) is 18.5 Å². The van der Waals surface area contributed by atoms with Crippen LogP contribution < -0.4 is 27.0 Å². The fraction of sp³-hybridized carbons (Fsp3) is 0.0769. The molecule has 0 fully saturated rings. The highest BCUT2D eigenvalue weighted by atomic mass is 16.1. The highest BCUT2D eigenvalue weighted by molar-refractivity contribution is 5.99. The van der Waals surface area contributed by atoms with Crippen LogP contribution in [0.4, 0.5) is 17.2 Å². The van der Waals surface area contributed by atoms with E-state index >= 15 is 0 Å². The van der Waals surface area contributed by atoms with Crippen molar-refractivity contribution in [3.05, 3.63) is 84.7 Å². The van der Waals surface area contributed by atoms with Gasteiger partial charge in [-0.05, 0) is 42.6 Å². The first kappa shape index (κ1) is 23.4. The van der Waals surface area contributed by atoms with Crippen LogP contribution in [0.5, 0.6) is 0 Å². The van der Waals surface area contributed by atoms with E-state index in [2.05, 4.69) is 30.8 Å². The zero-order valence-electron chi connectivity index (χ0n) is 20.3. The molecule has 11 nitrogen and oxygen atoms in total. The number of hydrogen-bond acceptors (Lipinski definition) is 8. The van der Waals surface area contributed by atoms with Gasteiger partial charge in [0, 0.05) is 47.8 Å². The molecule has 3 aromatic heterocycles. The van der Waals surface area contributed by atoms with Crippen molar-refractivity contribution in [2.75, 3.05) is 24.3 Å². The maximum Gasteiger partial charge on any atom is 0.272 e. The lowest BCUT2D eigenvalue weighted by Crippen LogP contribution is -2.23. The third-order valence-corrected chi connectivity index (χ3v) is 5.79. The van der Waals surface area contributed by atoms with Crippen molar-refractivity contribution >= 4 is 44.9 Å². The number of nitrogens with one attached hydrogen (secondary N) is 4. The molecule has 0 saturated heterocycles. The lowest BCUT2D eigenvalue weighted by Gasteiger charge is -2.18. The number of H-pyrrole nitrogens is 2. The summed E-state index contributed by atoms with van der Waals surface area (Å²) in [7, 11) is 3.88. The van der Waals surface area contributed by atoms with Crippen LogP contribution in [0, 0.1) is 0 Å². The van der Waals surface area contributed by atoms with Gasteiger partial charge in [-0.3, -0.25) is 9.89 Å². The molecule has 0 unspecified atom stereocenters. The van der Waals surface area contributed by atoms with Crippen LogP contribution in [0.2, 0.25) is 0 Å². The van der Waals surface area contributed by atoms with Crippen LogP contribution in [0.25, 0.3) is 33.2 Å². The summed E-state index contributed by atoms with van der Waals surface area (Å²) in [6.45, 7) is 0. The number of fused-ring (bicyclic) bond motifs is 2. The van der Waals surface area contributed by atoms with Gasteiger partial charge in [-0.2, -0.15) is 5.10 Å². The number of allylic oxidation sites excluding steroid dienone is 1. The standard InChI is InChI=1S/C26H26N10O/c1-36(2)23-14-29-24(34-25(23)31-18-5-6-20-17(9-18)13-30-35-20)16-4-3-15-10-22(33-21(15)11-16)26(37)32-19(12-28)7-8-27/h3-14,33H,27-28H2,1-2H3,(H,30,35)(H,32,37)(H,29,31,34)/b8-7-,19-12+. The molecule has 0 radical (unpaired) electrons. The van der Waals surface area contributed by atoms with Crippen molar-refractivity contribution in [2.24, 2.45) is 11.5 Å². The number of carbonyl (C=O) groups excluding carboxylic acids is 1. The van der Waals surface area contributed by atoms with Crippen molar-refractivity contribution in [1.82, 2.24) is 30.5 Å². The van der Waals surface area contributed by atoms with Crippen molar-refractivity contribution < 1.29 is 4.79 Å². The Kier molecular flexibility index (Phi) is 6.17. The zero-order chi connectivity index (χ0) is 25.9. The molecule has 186 valence electrons. The van der Waals surface area contributed by atoms with Crippen molar-refractivity contribution in [1.29, 1.82) is 0 Å². The molecule has 0 aliphatic rings. The molecule has 2 aromatic carbocycles. The minimum Gasteiger partial charge on any atom is -0.405 e. The predicted molar refractivity (Wildman–Crippen MR) is 146 cm³/mol. The summed E-state index contributed by atoms with van der Waals surface area (Å²) in [5, 5.41) is 15.0. The third-order valence-electron chi connectivity index (χ3n) is 5.79. The Hall–Kier alpha value is -5.32. The molecule has 0 atom stereocenters. The Balaban J connectivity index is 1.46. The monoisotopic (exact) mass is 494 g/mol. The Labute approximate surface area is 212 Å². The lowest BCUT2D eigenvalue weighted by atomic mass is 10.1. The fourth-order valence-corrected chi connectivity index (χ4v) is 3.92. The van der Waals surface area contributed by atoms with E-state index in [1.807, 2.05) is 55.4 Å². The van der Waals surface area contributed by atoms with Gasteiger partial charge in [-0.15, -0.1) is 0 Å². The average Bonchev–Trinajstić information content (AvgIpc) is 3.54. The average molecular weight is 495 g/mol. The molecule has 0 bridgehead atoms. The lowest BCUT2D eigenvalue weighted by molar-refractivity contribution is 0.0963. The molecule has 0 aliphatic carbocycles. The number of hydrogen-bond donors (Lipinski definition) is 6. The molecular weight excluding hydrogens is 468 g/mol. The van der Waals surface area contributed by atoms with Gasteiger partial charge in [-0.1, -0.05) is 12.1 Å². The number of aromatic nitrogens is 5. The highest BCUT2D eigenvalue weighted by Gasteiger charge is 2.14. The van der Waals surface area contributed by atoms with Crippen LogP contribution in [0.15, 0.2) is 79.0 Å². The number of anilines is 3. The van der Waals surface area contributed by atoms with Gasteiger partial charge in [0.25, 0.3) is 5.91 Å². The summed E-state index contributed by atoms with van der Waals surface area (Å²) in [6.07, 6.45) is 7.64. The summed E-state index contributed by atoms with van der Waals surface area (Å²) in [6, 6.07) is 13.5. The predicted octanol–water partition coefficient (Wildman–Crippen LogP) is 3.31. The van der Waals surface area contributed by atoms with Crippen LogP contribution in [0.1, 0.15) is 10.5 Å². The maximum atomic E-state index is 12.6. The minimum absolute atomic E-state index is 0.333. The quantitative estimate of drug-likeness (QED) is 0.187. The number of nitrogens with two attached hydrogens (primary N) is 2. The first-order chi connectivity index (χ1) is 17.9. The first-order valence-electron chi connectivity index (χ1n) is 11.4. The normalized spacial score (nSPS) is 11.9. The second-order valence-corrected chi connectivity index (χ2v) is 8.54. The molecule has 3 heterocycles. The van der Waals surface area contributed by atoms with E-state index in [1.165, 1.54) is 18.5 Å². The number of aromatic amines is 2. The number of rotatable bonds is 7. The van der Waals surface area contributed by atoms with Gasteiger partial charge in [0.2, 0.25) is 0 Å². The molecule has 0 spiro atoms. The second kappa shape index (κ2) is 9.74. The van der Waals surface area contributed by atoms with Crippen molar-refractivity contribution in [3.8, 4) is 11.4 Å². The van der Waals surface area contributed by atoms with Gasteiger partial charge in [0.15, 0.2) is 11.6 Å². The number of carbonyl (C=O) groups is 1. The van der Waals surface area contributed by atoms with Crippen molar-refractivity contribution in [2.45, 2.75) is 0 Å². The SMILES string of the molecule is CN(C)c1cnc(-c2ccc3cc(C(=O)NC(/C=C\N)=C/N)[nH]c3c2)nc1Nc1ccc2[nH]ncc2c1. The molecule has 5 rings (SSSR count). The topological polar surface area (TPSA) is 167 Å². The smallest absolute Gasteiger partial charge is 0.272 e. The molecule has 37 heavy (non-hydrogen) atoms. The molecule has 0 aliphatic heterocycles. The van der Waals surface area contributed by atoms with E-state index < -0.39 is 0 Å². The summed E-state index contributed by atoms with van der Waals surface area (Å²) >= 11 is 0. The van der Waals surface area contributed by atoms with Gasteiger partial charge in [-0.25, -0.2) is 9.97 Å². The van der Waals surface area contributed by atoms with Gasteiger partial charge in [0.05, 0.1) is 29.3 Å². The highest BCUT2D eigenvalue weighted by Crippen LogP contribution is 2.30. The third kappa shape index (κ3) is 4.78. The van der Waals surface area contributed by atoms with Crippen LogP contribution in [-0.4, -0.2) is 45.2 Å². The molecule has 11 heteroatoms. The fourth-order valence-electron chi connectivity index (χ4n) is 3.92. The van der Waals surface area contributed by atoms with Crippen molar-refractivity contribution in [3.63, 3.8) is 0 Å². The maximum absolute atomic E-state index is 12.6. The van der Waals surface area contributed by atoms with E-state index in [-0.39, 0.29) is 5.91 Å². The summed E-state index contributed by atoms with van der Waals surface area (Å²) in [5.41, 5.74) is 16.0. The van der Waals surface area contributed by atoms with E-state index in [0.717, 1.165) is 38.7 Å². The van der Waals surface area contributed by atoms with E-state index in [9.17, 15) is 4.79 Å². The molecule has 0 saturated carbocycles. The number of benzene rings is 2. The summed E-state index contributed by atoms with van der Waals surface area (Å²) < 4.78 is 0. The van der Waals surface area contributed by atoms with E-state index in [0.29, 0.717) is 23.0 Å². The van der Waals surface area contributed by atoms with Crippen LogP contribution in [-0.2, 0) is 0 Å². The Morgan fingerprint density at radius 1 is 1.03 bits per heavy atom. The Morgan fingerprint density at radius 3 is 2.68 bits per heavy atom. The molecule has 1 amide bonds. The largest absolute Gasteiger partial charge is 0.405 e. The van der Waals surface area contributed by atoms with Gasteiger partial charge < -0.3 is 32.0 Å². The zero-order valence-corrected chi connectivity index (χ0v) is 20.3. The van der Waals surface area contributed by atoms with Gasteiger partial charge in [0.1, 0.15) is 5.69 Å².